The number of hydrogen-bond donors (Lipinski definition) is 0. The molecule has 0 saturated heterocycles. The van der Waals surface area contributed by atoms with E-state index in [1.54, 1.807) is 0 Å². The van der Waals surface area contributed by atoms with Crippen LogP contribution in [0, 0.1) is 11.3 Å². The molecule has 0 heterocycles. The third-order valence-corrected chi connectivity index (χ3v) is 4.60. The molecule has 0 amide bonds. The zero-order valence-electron chi connectivity index (χ0n) is 11.0. The quantitative estimate of drug-likeness (QED) is 0.655. The monoisotopic (exact) mass is 232 g/mol. The molecule has 17 heavy (non-hydrogen) atoms. The summed E-state index contributed by atoms with van der Waals surface area (Å²) in [5.41, 5.74) is 1.23. The highest BCUT2D eigenvalue weighted by Gasteiger charge is 2.36. The van der Waals surface area contributed by atoms with E-state index in [1.807, 2.05) is 0 Å². The molecule has 2 rings (SSSR count). The summed E-state index contributed by atoms with van der Waals surface area (Å²) in [7, 11) is 0. The van der Waals surface area contributed by atoms with Crippen molar-refractivity contribution < 1.29 is 4.79 Å². The van der Waals surface area contributed by atoms with E-state index in [2.05, 4.69) is 25.2 Å². The van der Waals surface area contributed by atoms with Crippen molar-refractivity contribution >= 4 is 6.29 Å². The molecule has 1 saturated carbocycles. The number of aldehydes is 1. The van der Waals surface area contributed by atoms with Gasteiger partial charge in [-0.15, -0.1) is 0 Å². The van der Waals surface area contributed by atoms with Crippen molar-refractivity contribution in [2.45, 2.75) is 58.3 Å². The fourth-order valence-corrected chi connectivity index (χ4v) is 3.63. The van der Waals surface area contributed by atoms with Gasteiger partial charge in [0.15, 0.2) is 0 Å². The van der Waals surface area contributed by atoms with Crippen LogP contribution >= 0.6 is 0 Å². The van der Waals surface area contributed by atoms with Crippen LogP contribution in [-0.2, 0) is 4.79 Å². The Kier molecular flexibility index (Phi) is 4.20. The van der Waals surface area contributed by atoms with Gasteiger partial charge < -0.3 is 0 Å². The lowest BCUT2D eigenvalue weighted by molar-refractivity contribution is -0.104. The van der Waals surface area contributed by atoms with E-state index in [-0.39, 0.29) is 0 Å². The van der Waals surface area contributed by atoms with Gasteiger partial charge in [-0.3, -0.25) is 4.79 Å². The third-order valence-electron chi connectivity index (χ3n) is 4.60. The van der Waals surface area contributed by atoms with Gasteiger partial charge in [0.2, 0.25) is 0 Å². The third kappa shape index (κ3) is 2.70. The van der Waals surface area contributed by atoms with Crippen LogP contribution in [0.3, 0.4) is 0 Å². The predicted molar refractivity (Wildman–Crippen MR) is 71.8 cm³/mol. The second-order valence-corrected chi connectivity index (χ2v) is 5.68. The van der Waals surface area contributed by atoms with Crippen LogP contribution in [-0.4, -0.2) is 6.29 Å². The molecule has 94 valence electrons. The van der Waals surface area contributed by atoms with Crippen LogP contribution in [0.25, 0.3) is 0 Å². The van der Waals surface area contributed by atoms with Crippen molar-refractivity contribution in [1.82, 2.24) is 0 Å². The Hall–Kier alpha value is -0.850. The molecule has 1 nitrogen and oxygen atoms in total. The summed E-state index contributed by atoms with van der Waals surface area (Å²) in [6.07, 6.45) is 18.1. The lowest BCUT2D eigenvalue weighted by atomic mass is 9.63. The Morgan fingerprint density at radius 2 is 2.12 bits per heavy atom. The molecule has 1 atom stereocenters. The van der Waals surface area contributed by atoms with Gasteiger partial charge in [-0.25, -0.2) is 0 Å². The Bertz CT molecular complexity index is 320. The minimum atomic E-state index is 0.363. The van der Waals surface area contributed by atoms with Crippen molar-refractivity contribution in [2.24, 2.45) is 11.3 Å². The number of carbonyl (C=O) groups excluding carboxylic acids is 1. The molecule has 0 aromatic heterocycles. The largest absolute Gasteiger partial charge is 0.298 e. The standard InChI is InChI=1S/C16H24O/c1-2-10-16(15-6-4-3-5-7-15)11-8-14(13-17)9-12-16/h8-9,11,13,15H,2-7,10,12H2,1H3. The van der Waals surface area contributed by atoms with Gasteiger partial charge in [-0.05, 0) is 37.0 Å². The van der Waals surface area contributed by atoms with Crippen LogP contribution in [0.1, 0.15) is 58.3 Å². The molecule has 0 aromatic rings. The maximum atomic E-state index is 10.8. The van der Waals surface area contributed by atoms with Crippen molar-refractivity contribution in [3.05, 3.63) is 23.8 Å². The van der Waals surface area contributed by atoms with E-state index in [4.69, 9.17) is 0 Å². The maximum absolute atomic E-state index is 10.8. The fraction of sp³-hybridized carbons (Fsp3) is 0.688. The Labute approximate surface area is 105 Å². The van der Waals surface area contributed by atoms with Crippen LogP contribution in [0.2, 0.25) is 0 Å². The molecule has 0 bridgehead atoms. The van der Waals surface area contributed by atoms with E-state index in [0.717, 1.165) is 24.2 Å². The summed E-state index contributed by atoms with van der Waals surface area (Å²) < 4.78 is 0. The zero-order valence-corrected chi connectivity index (χ0v) is 11.0. The van der Waals surface area contributed by atoms with E-state index >= 15 is 0 Å². The maximum Gasteiger partial charge on any atom is 0.149 e. The highest BCUT2D eigenvalue weighted by Crippen LogP contribution is 2.47. The molecule has 0 radical (unpaired) electrons. The first-order valence-electron chi connectivity index (χ1n) is 7.15. The first kappa shape index (κ1) is 12.6. The number of allylic oxidation sites excluding steroid dienone is 4. The summed E-state index contributed by atoms with van der Waals surface area (Å²) in [5.74, 6) is 0.844. The molecule has 2 aliphatic carbocycles. The van der Waals surface area contributed by atoms with Crippen LogP contribution < -0.4 is 0 Å². The second kappa shape index (κ2) is 5.66. The Morgan fingerprint density at radius 3 is 2.65 bits per heavy atom. The number of carbonyl (C=O) groups is 1. The second-order valence-electron chi connectivity index (χ2n) is 5.68. The number of hydrogen-bond acceptors (Lipinski definition) is 1. The normalized spacial score (nSPS) is 30.1. The minimum absolute atomic E-state index is 0.363. The van der Waals surface area contributed by atoms with Crippen LogP contribution in [0.15, 0.2) is 23.8 Å². The van der Waals surface area contributed by atoms with E-state index in [1.165, 1.54) is 44.9 Å². The van der Waals surface area contributed by atoms with Crippen molar-refractivity contribution in [3.63, 3.8) is 0 Å². The summed E-state index contributed by atoms with van der Waals surface area (Å²) >= 11 is 0. The van der Waals surface area contributed by atoms with Crippen molar-refractivity contribution in [1.29, 1.82) is 0 Å². The molecular weight excluding hydrogens is 208 g/mol. The molecule has 1 fully saturated rings. The van der Waals surface area contributed by atoms with Gasteiger partial charge in [0.1, 0.15) is 6.29 Å². The molecule has 0 spiro atoms. The summed E-state index contributed by atoms with van der Waals surface area (Å²) in [5, 5.41) is 0. The first-order chi connectivity index (χ1) is 8.30. The van der Waals surface area contributed by atoms with Crippen LogP contribution in [0.5, 0.6) is 0 Å². The Balaban J connectivity index is 2.13. The van der Waals surface area contributed by atoms with Gasteiger partial charge in [0, 0.05) is 5.57 Å². The van der Waals surface area contributed by atoms with Gasteiger partial charge in [-0.1, -0.05) is 50.8 Å². The van der Waals surface area contributed by atoms with Gasteiger partial charge in [0.25, 0.3) is 0 Å². The van der Waals surface area contributed by atoms with Crippen molar-refractivity contribution in [3.8, 4) is 0 Å². The van der Waals surface area contributed by atoms with Crippen molar-refractivity contribution in [2.75, 3.05) is 0 Å². The minimum Gasteiger partial charge on any atom is -0.298 e. The van der Waals surface area contributed by atoms with E-state index in [9.17, 15) is 4.79 Å². The van der Waals surface area contributed by atoms with E-state index in [0.29, 0.717) is 5.41 Å². The average molecular weight is 232 g/mol. The predicted octanol–water partition coefficient (Wildman–Crippen LogP) is 4.44. The molecule has 0 N–H and O–H groups in total. The molecule has 0 aromatic carbocycles. The average Bonchev–Trinajstić information content (AvgIpc) is 2.41. The highest BCUT2D eigenvalue weighted by molar-refractivity contribution is 5.77. The molecule has 2 aliphatic rings. The SMILES string of the molecule is CCCC1(C2CCCCC2)C=CC(C=O)=CC1. The Morgan fingerprint density at radius 1 is 1.35 bits per heavy atom. The van der Waals surface area contributed by atoms with E-state index < -0.39 is 0 Å². The van der Waals surface area contributed by atoms with Gasteiger partial charge in [-0.2, -0.15) is 0 Å². The highest BCUT2D eigenvalue weighted by atomic mass is 16.1. The fourth-order valence-electron chi connectivity index (χ4n) is 3.63. The summed E-state index contributed by atoms with van der Waals surface area (Å²) in [4.78, 5) is 10.8. The topological polar surface area (TPSA) is 17.1 Å². The molecule has 1 unspecified atom stereocenters. The van der Waals surface area contributed by atoms with Gasteiger partial charge >= 0.3 is 0 Å². The molecular formula is C16H24O. The lowest BCUT2D eigenvalue weighted by Gasteiger charge is -2.41. The van der Waals surface area contributed by atoms with Gasteiger partial charge in [0.05, 0.1) is 0 Å². The number of rotatable bonds is 4. The summed E-state index contributed by atoms with van der Waals surface area (Å²) in [6, 6.07) is 0. The molecule has 0 aliphatic heterocycles. The smallest absolute Gasteiger partial charge is 0.149 e. The lowest BCUT2D eigenvalue weighted by Crippen LogP contribution is -2.31. The zero-order chi connectivity index (χ0) is 12.1. The first-order valence-corrected chi connectivity index (χ1v) is 7.15. The summed E-state index contributed by atoms with van der Waals surface area (Å²) in [6.45, 7) is 2.28. The van der Waals surface area contributed by atoms with Crippen LogP contribution in [0.4, 0.5) is 0 Å². The molecule has 1 heteroatoms.